The second kappa shape index (κ2) is 6.05. The Labute approximate surface area is 127 Å². The van der Waals surface area contributed by atoms with Gasteiger partial charge in [-0.15, -0.1) is 0 Å². The number of nitrogens with zero attached hydrogens (tertiary/aromatic N) is 1. The monoisotopic (exact) mass is 290 g/mol. The maximum absolute atomic E-state index is 13.5. The van der Waals surface area contributed by atoms with E-state index in [1.54, 1.807) is 6.07 Å². The largest absolute Gasteiger partial charge is 0.322 e. The zero-order chi connectivity index (χ0) is 14.9. The highest BCUT2D eigenvalue weighted by Gasteiger charge is 2.45. The van der Waals surface area contributed by atoms with Gasteiger partial charge in [-0.3, -0.25) is 4.90 Å². The van der Waals surface area contributed by atoms with E-state index in [0.29, 0.717) is 5.56 Å². The van der Waals surface area contributed by atoms with Gasteiger partial charge in [0.2, 0.25) is 0 Å². The molecule has 1 heterocycles. The summed E-state index contributed by atoms with van der Waals surface area (Å²) in [4.78, 5) is 2.65. The molecule has 1 aliphatic heterocycles. The standard InChI is InChI=1S/C18H27FN2/c1-14-13-15(7-8-16(14)19)17(20)18(9-3-4-10-18)21-11-5-2-6-12-21/h7-8,13,17H,2-6,9-12,20H2,1H3. The molecule has 1 aliphatic carbocycles. The number of hydrogen-bond acceptors (Lipinski definition) is 2. The van der Waals surface area contributed by atoms with Crippen LogP contribution in [0.25, 0.3) is 0 Å². The highest BCUT2D eigenvalue weighted by atomic mass is 19.1. The molecule has 3 heteroatoms. The summed E-state index contributed by atoms with van der Waals surface area (Å²) in [5.41, 5.74) is 8.62. The average molecular weight is 290 g/mol. The summed E-state index contributed by atoms with van der Waals surface area (Å²) in [5, 5.41) is 0. The zero-order valence-corrected chi connectivity index (χ0v) is 13.1. The van der Waals surface area contributed by atoms with E-state index in [4.69, 9.17) is 5.73 Å². The van der Waals surface area contributed by atoms with Gasteiger partial charge in [0.1, 0.15) is 5.82 Å². The Bertz CT molecular complexity index is 488. The highest BCUT2D eigenvalue weighted by molar-refractivity contribution is 5.29. The normalized spacial score (nSPS) is 24.1. The predicted molar refractivity (Wildman–Crippen MR) is 84.7 cm³/mol. The zero-order valence-electron chi connectivity index (χ0n) is 13.1. The van der Waals surface area contributed by atoms with Crippen LogP contribution in [0.2, 0.25) is 0 Å². The van der Waals surface area contributed by atoms with E-state index < -0.39 is 0 Å². The predicted octanol–water partition coefficient (Wildman–Crippen LogP) is 3.93. The van der Waals surface area contributed by atoms with Crippen molar-refractivity contribution < 1.29 is 4.39 Å². The summed E-state index contributed by atoms with van der Waals surface area (Å²) in [6, 6.07) is 5.40. The van der Waals surface area contributed by atoms with Gasteiger partial charge in [0.15, 0.2) is 0 Å². The van der Waals surface area contributed by atoms with Crippen molar-refractivity contribution >= 4 is 0 Å². The molecule has 1 aromatic rings. The molecular weight excluding hydrogens is 263 g/mol. The van der Waals surface area contributed by atoms with Crippen molar-refractivity contribution in [2.45, 2.75) is 63.5 Å². The maximum atomic E-state index is 13.5. The van der Waals surface area contributed by atoms with Crippen molar-refractivity contribution in [3.63, 3.8) is 0 Å². The summed E-state index contributed by atoms with van der Waals surface area (Å²) >= 11 is 0. The third kappa shape index (κ3) is 2.74. The second-order valence-corrected chi connectivity index (χ2v) is 6.84. The van der Waals surface area contributed by atoms with E-state index in [1.165, 1.54) is 58.0 Å². The van der Waals surface area contributed by atoms with E-state index in [9.17, 15) is 4.39 Å². The molecule has 0 spiro atoms. The minimum absolute atomic E-state index is 0.00241. The summed E-state index contributed by atoms with van der Waals surface area (Å²) in [6.07, 6.45) is 8.83. The Morgan fingerprint density at radius 3 is 2.38 bits per heavy atom. The van der Waals surface area contributed by atoms with Gasteiger partial charge in [-0.1, -0.05) is 31.4 Å². The fourth-order valence-corrected chi connectivity index (χ4v) is 4.32. The van der Waals surface area contributed by atoms with Crippen LogP contribution < -0.4 is 5.73 Å². The fourth-order valence-electron chi connectivity index (χ4n) is 4.32. The van der Waals surface area contributed by atoms with Crippen LogP contribution in [-0.2, 0) is 0 Å². The molecule has 21 heavy (non-hydrogen) atoms. The molecule has 2 fully saturated rings. The van der Waals surface area contributed by atoms with Crippen molar-refractivity contribution in [1.29, 1.82) is 0 Å². The Balaban J connectivity index is 1.90. The molecule has 1 atom stereocenters. The smallest absolute Gasteiger partial charge is 0.126 e. The summed E-state index contributed by atoms with van der Waals surface area (Å²) in [5.74, 6) is -0.135. The van der Waals surface area contributed by atoms with E-state index in [2.05, 4.69) is 4.90 Å². The topological polar surface area (TPSA) is 29.3 Å². The first-order chi connectivity index (χ1) is 10.1. The van der Waals surface area contributed by atoms with Crippen LogP contribution in [0.5, 0.6) is 0 Å². The van der Waals surface area contributed by atoms with Crippen molar-refractivity contribution in [3.8, 4) is 0 Å². The van der Waals surface area contributed by atoms with Crippen molar-refractivity contribution in [2.24, 2.45) is 5.73 Å². The van der Waals surface area contributed by atoms with Gasteiger partial charge in [0, 0.05) is 11.6 Å². The Morgan fingerprint density at radius 1 is 1.10 bits per heavy atom. The first-order valence-electron chi connectivity index (χ1n) is 8.40. The molecule has 1 unspecified atom stereocenters. The van der Waals surface area contributed by atoms with Crippen LogP contribution in [0.4, 0.5) is 4.39 Å². The van der Waals surface area contributed by atoms with Crippen LogP contribution in [-0.4, -0.2) is 23.5 Å². The lowest BCUT2D eigenvalue weighted by atomic mass is 9.81. The van der Waals surface area contributed by atoms with Crippen LogP contribution in [0.1, 0.15) is 62.1 Å². The molecular formula is C18H27FN2. The first-order valence-corrected chi connectivity index (χ1v) is 8.40. The van der Waals surface area contributed by atoms with E-state index in [-0.39, 0.29) is 17.4 Å². The van der Waals surface area contributed by atoms with Gasteiger partial charge in [-0.25, -0.2) is 4.39 Å². The molecule has 3 rings (SSSR count). The van der Waals surface area contributed by atoms with Gasteiger partial charge >= 0.3 is 0 Å². The highest BCUT2D eigenvalue weighted by Crippen LogP contribution is 2.44. The molecule has 1 saturated heterocycles. The number of halogens is 1. The molecule has 2 N–H and O–H groups in total. The Kier molecular flexibility index (Phi) is 4.32. The van der Waals surface area contributed by atoms with E-state index >= 15 is 0 Å². The number of aryl methyl sites for hydroxylation is 1. The number of rotatable bonds is 3. The minimum Gasteiger partial charge on any atom is -0.322 e. The lowest BCUT2D eigenvalue weighted by Crippen LogP contribution is -2.55. The number of nitrogens with two attached hydrogens (primary N) is 1. The van der Waals surface area contributed by atoms with Gasteiger partial charge in [0.25, 0.3) is 0 Å². The molecule has 116 valence electrons. The van der Waals surface area contributed by atoms with Crippen molar-refractivity contribution in [3.05, 3.63) is 35.1 Å². The third-order valence-electron chi connectivity index (χ3n) is 5.58. The molecule has 0 amide bonds. The molecule has 0 bridgehead atoms. The van der Waals surface area contributed by atoms with E-state index in [0.717, 1.165) is 5.56 Å². The summed E-state index contributed by atoms with van der Waals surface area (Å²) in [6.45, 7) is 4.18. The van der Waals surface area contributed by atoms with Gasteiger partial charge in [0.05, 0.1) is 0 Å². The summed E-state index contributed by atoms with van der Waals surface area (Å²) < 4.78 is 13.5. The molecule has 2 nitrogen and oxygen atoms in total. The van der Waals surface area contributed by atoms with Crippen LogP contribution in [0.15, 0.2) is 18.2 Å². The lowest BCUT2D eigenvalue weighted by molar-refractivity contribution is 0.0478. The minimum atomic E-state index is -0.135. The van der Waals surface area contributed by atoms with Crippen LogP contribution in [0, 0.1) is 12.7 Å². The number of piperidine rings is 1. The second-order valence-electron chi connectivity index (χ2n) is 6.84. The number of benzene rings is 1. The Morgan fingerprint density at radius 2 is 1.76 bits per heavy atom. The van der Waals surface area contributed by atoms with Gasteiger partial charge < -0.3 is 5.73 Å². The van der Waals surface area contributed by atoms with Crippen LogP contribution in [0.3, 0.4) is 0 Å². The maximum Gasteiger partial charge on any atom is 0.126 e. The molecule has 0 aromatic heterocycles. The van der Waals surface area contributed by atoms with Crippen molar-refractivity contribution in [2.75, 3.05) is 13.1 Å². The van der Waals surface area contributed by atoms with Crippen LogP contribution >= 0.6 is 0 Å². The van der Waals surface area contributed by atoms with Gasteiger partial charge in [-0.2, -0.15) is 0 Å². The van der Waals surface area contributed by atoms with E-state index in [1.807, 2.05) is 19.1 Å². The Hall–Kier alpha value is -0.930. The lowest BCUT2D eigenvalue weighted by Gasteiger charge is -2.47. The number of hydrogen-bond donors (Lipinski definition) is 1. The first kappa shape index (κ1) is 15.0. The molecule has 1 saturated carbocycles. The molecule has 0 radical (unpaired) electrons. The van der Waals surface area contributed by atoms with Gasteiger partial charge in [-0.05, 0) is 62.9 Å². The third-order valence-corrected chi connectivity index (χ3v) is 5.58. The average Bonchev–Trinajstić information content (AvgIpc) is 3.01. The summed E-state index contributed by atoms with van der Waals surface area (Å²) in [7, 11) is 0. The molecule has 1 aromatic carbocycles. The SMILES string of the molecule is Cc1cc(C(N)C2(N3CCCCC3)CCCC2)ccc1F. The quantitative estimate of drug-likeness (QED) is 0.914. The number of likely N-dealkylation sites (tertiary alicyclic amines) is 1. The molecule has 2 aliphatic rings. The fraction of sp³-hybridized carbons (Fsp3) is 0.667. The van der Waals surface area contributed by atoms with Crippen molar-refractivity contribution in [1.82, 2.24) is 4.90 Å².